The Balaban J connectivity index is 1.86. The standard InChI is InChI=1S/C20H22ClN3O4/c1-3-27-19(25)17-15(11-22-12(2)13-6-8-14(21)9-7-13)23-20(26)24-18(17)16-5-4-10-28-16/h4-10,12,18,22H,3,11H2,1-2H3,(H2,23,24,26)/t12-,18-/m1/s1. The predicted molar refractivity (Wildman–Crippen MR) is 105 cm³/mol. The normalized spacial score (nSPS) is 17.7. The lowest BCUT2D eigenvalue weighted by Gasteiger charge is -2.28. The molecule has 0 saturated heterocycles. The first kappa shape index (κ1) is 20.0. The topological polar surface area (TPSA) is 92.6 Å². The van der Waals surface area contributed by atoms with Gasteiger partial charge in [-0.1, -0.05) is 23.7 Å². The highest BCUT2D eigenvalue weighted by atomic mass is 35.5. The van der Waals surface area contributed by atoms with Gasteiger partial charge in [-0.2, -0.15) is 0 Å². The largest absolute Gasteiger partial charge is 0.467 e. The molecular formula is C20H22ClN3O4. The van der Waals surface area contributed by atoms with Crippen LogP contribution in [0.25, 0.3) is 0 Å². The fourth-order valence-corrected chi connectivity index (χ4v) is 3.13. The first-order valence-electron chi connectivity index (χ1n) is 8.99. The summed E-state index contributed by atoms with van der Waals surface area (Å²) in [4.78, 5) is 24.8. The Morgan fingerprint density at radius 2 is 2.07 bits per heavy atom. The van der Waals surface area contributed by atoms with Gasteiger partial charge in [-0.05, 0) is 43.7 Å². The molecule has 0 aliphatic carbocycles. The zero-order valence-corrected chi connectivity index (χ0v) is 16.4. The van der Waals surface area contributed by atoms with E-state index in [9.17, 15) is 9.59 Å². The van der Waals surface area contributed by atoms with Gasteiger partial charge in [0.25, 0.3) is 0 Å². The van der Waals surface area contributed by atoms with E-state index in [1.807, 2.05) is 31.2 Å². The van der Waals surface area contributed by atoms with Gasteiger partial charge in [-0.3, -0.25) is 0 Å². The van der Waals surface area contributed by atoms with Crippen LogP contribution in [0.1, 0.15) is 37.3 Å². The Labute approximate surface area is 168 Å². The van der Waals surface area contributed by atoms with Crippen LogP contribution in [0.4, 0.5) is 4.79 Å². The SMILES string of the molecule is CCOC(=O)C1=C(CN[C@H](C)c2ccc(Cl)cc2)NC(=O)N[C@@H]1c1ccco1. The van der Waals surface area contributed by atoms with Crippen molar-refractivity contribution in [2.24, 2.45) is 0 Å². The minimum absolute atomic E-state index is 0.0259. The molecule has 3 N–H and O–H groups in total. The number of benzene rings is 1. The van der Waals surface area contributed by atoms with Crippen LogP contribution in [0, 0.1) is 0 Å². The Bertz CT molecular complexity index is 862. The van der Waals surface area contributed by atoms with Crippen LogP contribution in [-0.4, -0.2) is 25.2 Å². The van der Waals surface area contributed by atoms with E-state index in [0.717, 1.165) is 5.56 Å². The van der Waals surface area contributed by atoms with Crippen molar-refractivity contribution >= 4 is 23.6 Å². The maximum atomic E-state index is 12.6. The maximum Gasteiger partial charge on any atom is 0.338 e. The third kappa shape index (κ3) is 4.55. The number of amides is 2. The number of carbonyl (C=O) groups is 2. The van der Waals surface area contributed by atoms with Gasteiger partial charge in [0.05, 0.1) is 18.4 Å². The first-order chi connectivity index (χ1) is 13.5. The van der Waals surface area contributed by atoms with Crippen LogP contribution in [0.5, 0.6) is 0 Å². The Morgan fingerprint density at radius 3 is 2.71 bits per heavy atom. The summed E-state index contributed by atoms with van der Waals surface area (Å²) in [6.45, 7) is 4.21. The summed E-state index contributed by atoms with van der Waals surface area (Å²) in [6.07, 6.45) is 1.49. The molecule has 2 aromatic rings. The molecule has 8 heteroatoms. The van der Waals surface area contributed by atoms with Crippen molar-refractivity contribution in [3.05, 3.63) is 70.3 Å². The molecule has 148 valence electrons. The fraction of sp³-hybridized carbons (Fsp3) is 0.300. The highest BCUT2D eigenvalue weighted by molar-refractivity contribution is 6.30. The second kappa shape index (κ2) is 8.95. The van der Waals surface area contributed by atoms with Crippen molar-refractivity contribution in [3.8, 4) is 0 Å². The van der Waals surface area contributed by atoms with E-state index in [1.54, 1.807) is 19.1 Å². The van der Waals surface area contributed by atoms with Crippen molar-refractivity contribution in [2.45, 2.75) is 25.9 Å². The van der Waals surface area contributed by atoms with Gasteiger partial charge in [-0.15, -0.1) is 0 Å². The molecule has 2 atom stereocenters. The van der Waals surface area contributed by atoms with Gasteiger partial charge in [0.15, 0.2) is 0 Å². The molecule has 7 nitrogen and oxygen atoms in total. The molecule has 0 radical (unpaired) electrons. The monoisotopic (exact) mass is 403 g/mol. The van der Waals surface area contributed by atoms with Gasteiger partial charge in [0.1, 0.15) is 11.8 Å². The molecule has 0 unspecified atom stereocenters. The molecule has 2 amide bonds. The van der Waals surface area contributed by atoms with E-state index in [2.05, 4.69) is 16.0 Å². The molecule has 0 bridgehead atoms. The van der Waals surface area contributed by atoms with Gasteiger partial charge in [0, 0.05) is 23.3 Å². The quantitative estimate of drug-likeness (QED) is 0.616. The number of urea groups is 1. The van der Waals surface area contributed by atoms with Crippen LogP contribution >= 0.6 is 11.6 Å². The molecule has 3 rings (SSSR count). The molecule has 2 heterocycles. The maximum absolute atomic E-state index is 12.6. The number of hydrogen-bond donors (Lipinski definition) is 3. The molecule has 1 aliphatic rings. The molecule has 1 aliphatic heterocycles. The van der Waals surface area contributed by atoms with Crippen molar-refractivity contribution in [1.29, 1.82) is 0 Å². The third-order valence-corrected chi connectivity index (χ3v) is 4.68. The zero-order chi connectivity index (χ0) is 20.1. The summed E-state index contributed by atoms with van der Waals surface area (Å²) in [5.74, 6) is -0.0477. The summed E-state index contributed by atoms with van der Waals surface area (Å²) in [5, 5.41) is 9.42. The second-order valence-corrected chi connectivity index (χ2v) is 6.75. The van der Waals surface area contributed by atoms with Crippen LogP contribution < -0.4 is 16.0 Å². The van der Waals surface area contributed by atoms with Gasteiger partial charge < -0.3 is 25.1 Å². The average Bonchev–Trinajstić information content (AvgIpc) is 3.21. The summed E-state index contributed by atoms with van der Waals surface area (Å²) < 4.78 is 10.6. The molecule has 0 spiro atoms. The summed E-state index contributed by atoms with van der Waals surface area (Å²) in [6, 6.07) is 9.73. The Hall–Kier alpha value is -2.77. The fourth-order valence-electron chi connectivity index (χ4n) is 3.00. The van der Waals surface area contributed by atoms with Crippen molar-refractivity contribution in [2.75, 3.05) is 13.2 Å². The molecule has 28 heavy (non-hydrogen) atoms. The highest BCUT2D eigenvalue weighted by Gasteiger charge is 2.35. The lowest BCUT2D eigenvalue weighted by atomic mass is 9.99. The summed E-state index contributed by atoms with van der Waals surface area (Å²) in [5.41, 5.74) is 1.79. The Kier molecular flexibility index (Phi) is 6.38. The number of carbonyl (C=O) groups excluding carboxylic acids is 2. The molecule has 1 aromatic carbocycles. The van der Waals surface area contributed by atoms with Gasteiger partial charge in [0.2, 0.25) is 0 Å². The lowest BCUT2D eigenvalue weighted by Crippen LogP contribution is -2.48. The molecule has 1 aromatic heterocycles. The minimum atomic E-state index is -0.717. The second-order valence-electron chi connectivity index (χ2n) is 6.31. The number of halogens is 1. The van der Waals surface area contributed by atoms with Gasteiger partial charge >= 0.3 is 12.0 Å². The van der Waals surface area contributed by atoms with Crippen molar-refractivity contribution in [3.63, 3.8) is 0 Å². The number of rotatable bonds is 7. The minimum Gasteiger partial charge on any atom is -0.467 e. The van der Waals surface area contributed by atoms with E-state index < -0.39 is 18.0 Å². The van der Waals surface area contributed by atoms with E-state index in [0.29, 0.717) is 22.1 Å². The smallest absolute Gasteiger partial charge is 0.338 e. The van der Waals surface area contributed by atoms with E-state index in [1.165, 1.54) is 6.26 Å². The summed E-state index contributed by atoms with van der Waals surface area (Å²) >= 11 is 5.94. The first-order valence-corrected chi connectivity index (χ1v) is 9.37. The van der Waals surface area contributed by atoms with Crippen LogP contribution in [0.15, 0.2) is 58.3 Å². The van der Waals surface area contributed by atoms with E-state index in [4.69, 9.17) is 20.8 Å². The average molecular weight is 404 g/mol. The number of hydrogen-bond acceptors (Lipinski definition) is 5. The van der Waals surface area contributed by atoms with Crippen molar-refractivity contribution < 1.29 is 18.7 Å². The van der Waals surface area contributed by atoms with Gasteiger partial charge in [-0.25, -0.2) is 9.59 Å². The van der Waals surface area contributed by atoms with E-state index in [-0.39, 0.29) is 19.2 Å². The molecule has 0 saturated carbocycles. The lowest BCUT2D eigenvalue weighted by molar-refractivity contribution is -0.139. The predicted octanol–water partition coefficient (Wildman–Crippen LogP) is 3.45. The summed E-state index contributed by atoms with van der Waals surface area (Å²) in [7, 11) is 0. The Morgan fingerprint density at radius 1 is 1.32 bits per heavy atom. The number of esters is 1. The number of nitrogens with one attached hydrogen (secondary N) is 3. The van der Waals surface area contributed by atoms with Crippen LogP contribution in [-0.2, 0) is 9.53 Å². The van der Waals surface area contributed by atoms with Crippen LogP contribution in [0.3, 0.4) is 0 Å². The highest BCUT2D eigenvalue weighted by Crippen LogP contribution is 2.28. The van der Waals surface area contributed by atoms with Crippen molar-refractivity contribution in [1.82, 2.24) is 16.0 Å². The number of ether oxygens (including phenoxy) is 1. The van der Waals surface area contributed by atoms with Crippen LogP contribution in [0.2, 0.25) is 5.02 Å². The van der Waals surface area contributed by atoms with E-state index >= 15 is 0 Å². The molecule has 0 fully saturated rings. The molecular weight excluding hydrogens is 382 g/mol. The third-order valence-electron chi connectivity index (χ3n) is 4.43. The zero-order valence-electron chi connectivity index (χ0n) is 15.6. The number of furan rings is 1.